The van der Waals surface area contributed by atoms with E-state index < -0.39 is 11.9 Å². The summed E-state index contributed by atoms with van der Waals surface area (Å²) in [5, 5.41) is 4.18. The Hall–Kier alpha value is -1.89. The van der Waals surface area contributed by atoms with Crippen molar-refractivity contribution < 1.29 is 9.59 Å². The van der Waals surface area contributed by atoms with Crippen molar-refractivity contribution in [2.75, 3.05) is 19.6 Å². The lowest BCUT2D eigenvalue weighted by Gasteiger charge is -2.41. The number of nitrogens with two attached hydrogens (primary N) is 1. The number of primary amides is 1. The van der Waals surface area contributed by atoms with Crippen molar-refractivity contribution in [2.24, 2.45) is 12.8 Å². The summed E-state index contributed by atoms with van der Waals surface area (Å²) in [6.45, 7) is 7.65. The van der Waals surface area contributed by atoms with Crippen LogP contribution in [0.25, 0.3) is 0 Å². The highest BCUT2D eigenvalue weighted by Crippen LogP contribution is 2.17. The van der Waals surface area contributed by atoms with Crippen molar-refractivity contribution in [1.82, 2.24) is 19.6 Å². The van der Waals surface area contributed by atoms with Crippen LogP contribution in [0, 0.1) is 6.92 Å². The van der Waals surface area contributed by atoms with Crippen LogP contribution < -0.4 is 5.73 Å². The fourth-order valence-electron chi connectivity index (χ4n) is 2.72. The zero-order chi connectivity index (χ0) is 15.7. The lowest BCUT2D eigenvalue weighted by atomic mass is 10.1. The van der Waals surface area contributed by atoms with E-state index in [1.165, 1.54) is 0 Å². The molecule has 7 heteroatoms. The van der Waals surface area contributed by atoms with Gasteiger partial charge in [0.2, 0.25) is 5.91 Å². The fourth-order valence-corrected chi connectivity index (χ4v) is 2.72. The predicted molar refractivity (Wildman–Crippen MR) is 78.7 cm³/mol. The highest BCUT2D eigenvalue weighted by atomic mass is 16.2. The molecular formula is C14H23N5O2. The lowest BCUT2D eigenvalue weighted by molar-refractivity contribution is -0.124. The van der Waals surface area contributed by atoms with Crippen LogP contribution in [0.15, 0.2) is 6.20 Å². The van der Waals surface area contributed by atoms with Crippen molar-refractivity contribution in [3.8, 4) is 0 Å². The Morgan fingerprint density at radius 2 is 2.05 bits per heavy atom. The summed E-state index contributed by atoms with van der Waals surface area (Å²) < 4.78 is 1.60. The van der Waals surface area contributed by atoms with E-state index in [4.69, 9.17) is 5.73 Å². The molecule has 1 saturated heterocycles. The first kappa shape index (κ1) is 15.5. The zero-order valence-corrected chi connectivity index (χ0v) is 13.0. The minimum Gasteiger partial charge on any atom is -0.368 e. The molecule has 1 aromatic heterocycles. The average Bonchev–Trinajstić information content (AvgIpc) is 2.76. The second-order valence-corrected chi connectivity index (χ2v) is 5.81. The summed E-state index contributed by atoms with van der Waals surface area (Å²) in [5.74, 6) is -0.636. The third-order valence-electron chi connectivity index (χ3n) is 3.98. The summed E-state index contributed by atoms with van der Waals surface area (Å²) in [5.41, 5.74) is 6.69. The molecule has 1 aromatic rings. The molecule has 1 fully saturated rings. The summed E-state index contributed by atoms with van der Waals surface area (Å²) >= 11 is 0. The van der Waals surface area contributed by atoms with E-state index in [9.17, 15) is 9.59 Å². The van der Waals surface area contributed by atoms with Crippen LogP contribution in [-0.2, 0) is 11.8 Å². The molecule has 0 aliphatic carbocycles. The highest BCUT2D eigenvalue weighted by molar-refractivity contribution is 5.98. The number of carbonyl (C=O) groups is 2. The maximum Gasteiger partial charge on any atom is 0.258 e. The van der Waals surface area contributed by atoms with E-state index in [-0.39, 0.29) is 5.91 Å². The Morgan fingerprint density at radius 3 is 2.52 bits per heavy atom. The fraction of sp³-hybridized carbons (Fsp3) is 0.643. The third kappa shape index (κ3) is 3.07. The third-order valence-corrected chi connectivity index (χ3v) is 3.98. The number of piperazine rings is 1. The molecule has 0 spiro atoms. The topological polar surface area (TPSA) is 84.5 Å². The minimum atomic E-state index is -0.590. The van der Waals surface area contributed by atoms with Gasteiger partial charge in [-0.1, -0.05) is 0 Å². The molecule has 7 nitrogen and oxygen atoms in total. The first-order valence-corrected chi connectivity index (χ1v) is 7.15. The molecule has 21 heavy (non-hydrogen) atoms. The minimum absolute atomic E-state index is 0.173. The maximum absolute atomic E-state index is 12.7. The van der Waals surface area contributed by atoms with Gasteiger partial charge in [-0.2, -0.15) is 5.10 Å². The molecule has 1 unspecified atom stereocenters. The molecule has 0 radical (unpaired) electrons. The molecule has 1 atom stereocenters. The zero-order valence-electron chi connectivity index (χ0n) is 13.0. The molecule has 2 amide bonds. The number of aromatic nitrogens is 2. The maximum atomic E-state index is 12.7. The molecule has 2 N–H and O–H groups in total. The van der Waals surface area contributed by atoms with Gasteiger partial charge in [0.05, 0.1) is 11.3 Å². The van der Waals surface area contributed by atoms with E-state index in [1.807, 2.05) is 0 Å². The van der Waals surface area contributed by atoms with E-state index in [0.717, 1.165) is 6.54 Å². The molecule has 1 aliphatic heterocycles. The van der Waals surface area contributed by atoms with Crippen molar-refractivity contribution in [3.63, 3.8) is 0 Å². The lowest BCUT2D eigenvalue weighted by Crippen LogP contribution is -2.61. The van der Waals surface area contributed by atoms with Gasteiger partial charge in [0.1, 0.15) is 6.04 Å². The molecule has 1 aliphatic rings. The summed E-state index contributed by atoms with van der Waals surface area (Å²) in [7, 11) is 1.77. The predicted octanol–water partition coefficient (Wildman–Crippen LogP) is -0.251. The van der Waals surface area contributed by atoms with Gasteiger partial charge in [-0.15, -0.1) is 0 Å². The summed E-state index contributed by atoms with van der Waals surface area (Å²) in [6, 6.07) is -0.266. The number of hydrogen-bond acceptors (Lipinski definition) is 4. The van der Waals surface area contributed by atoms with E-state index >= 15 is 0 Å². The van der Waals surface area contributed by atoms with Crippen molar-refractivity contribution in [3.05, 3.63) is 17.5 Å². The Balaban J connectivity index is 2.23. The Morgan fingerprint density at radius 1 is 1.38 bits per heavy atom. The van der Waals surface area contributed by atoms with E-state index in [2.05, 4.69) is 23.8 Å². The molecule has 2 rings (SSSR count). The van der Waals surface area contributed by atoms with Crippen LogP contribution in [0.1, 0.15) is 29.9 Å². The van der Waals surface area contributed by atoms with Gasteiger partial charge >= 0.3 is 0 Å². The van der Waals surface area contributed by atoms with E-state index in [1.54, 1.807) is 29.7 Å². The monoisotopic (exact) mass is 293 g/mol. The highest BCUT2D eigenvalue weighted by Gasteiger charge is 2.36. The largest absolute Gasteiger partial charge is 0.368 e. The Bertz CT molecular complexity index is 552. The number of rotatable bonds is 3. The second-order valence-electron chi connectivity index (χ2n) is 5.81. The number of aryl methyl sites for hydroxylation is 2. The van der Waals surface area contributed by atoms with Gasteiger partial charge in [0.25, 0.3) is 5.91 Å². The van der Waals surface area contributed by atoms with Crippen molar-refractivity contribution >= 4 is 11.8 Å². The van der Waals surface area contributed by atoms with Crippen LogP contribution >= 0.6 is 0 Å². The van der Waals surface area contributed by atoms with Crippen LogP contribution in [-0.4, -0.2) is 63.1 Å². The molecule has 0 bridgehead atoms. The van der Waals surface area contributed by atoms with Crippen LogP contribution in [0.4, 0.5) is 0 Å². The Kier molecular flexibility index (Phi) is 4.32. The number of amides is 2. The normalized spacial score (nSPS) is 20.0. The standard InChI is InChI=1S/C14H23N5O2/c1-9(2)18-5-6-19(12(8-18)13(15)20)14(21)11-7-17(4)16-10(11)3/h7,9,12H,5-6,8H2,1-4H3,(H2,15,20). The van der Waals surface area contributed by atoms with Gasteiger partial charge in [-0.25, -0.2) is 0 Å². The van der Waals surface area contributed by atoms with Crippen LogP contribution in [0.5, 0.6) is 0 Å². The first-order valence-electron chi connectivity index (χ1n) is 7.15. The average molecular weight is 293 g/mol. The smallest absolute Gasteiger partial charge is 0.258 e. The molecule has 116 valence electrons. The summed E-state index contributed by atoms with van der Waals surface area (Å²) in [4.78, 5) is 28.1. The number of hydrogen-bond donors (Lipinski definition) is 1. The van der Waals surface area contributed by atoms with Gasteiger partial charge in [0, 0.05) is 38.9 Å². The van der Waals surface area contributed by atoms with Gasteiger partial charge in [0.15, 0.2) is 0 Å². The van der Waals surface area contributed by atoms with Crippen molar-refractivity contribution in [1.29, 1.82) is 0 Å². The Labute approximate surface area is 124 Å². The summed E-state index contributed by atoms with van der Waals surface area (Å²) in [6.07, 6.45) is 1.69. The first-order chi connectivity index (χ1) is 9.81. The molecule has 2 heterocycles. The SMILES string of the molecule is Cc1nn(C)cc1C(=O)N1CCN(C(C)C)CC1C(N)=O. The van der Waals surface area contributed by atoms with Crippen molar-refractivity contribution in [2.45, 2.75) is 32.9 Å². The number of carbonyl (C=O) groups excluding carboxylic acids is 2. The van der Waals surface area contributed by atoms with Crippen LogP contribution in [0.3, 0.4) is 0 Å². The van der Waals surface area contributed by atoms with Gasteiger partial charge < -0.3 is 10.6 Å². The quantitative estimate of drug-likeness (QED) is 0.833. The molecule has 0 saturated carbocycles. The molecule has 0 aromatic carbocycles. The van der Waals surface area contributed by atoms with E-state index in [0.29, 0.717) is 30.4 Å². The van der Waals surface area contributed by atoms with Crippen LogP contribution in [0.2, 0.25) is 0 Å². The number of nitrogens with zero attached hydrogens (tertiary/aromatic N) is 4. The van der Waals surface area contributed by atoms with Gasteiger partial charge in [-0.05, 0) is 20.8 Å². The molecular weight excluding hydrogens is 270 g/mol. The second kappa shape index (κ2) is 5.85. The van der Waals surface area contributed by atoms with Gasteiger partial charge in [-0.3, -0.25) is 19.2 Å².